The molecule has 5 nitrogen and oxygen atoms in total. The molecule has 0 aliphatic carbocycles. The molecule has 0 spiro atoms. The summed E-state index contributed by atoms with van der Waals surface area (Å²) in [5, 5.41) is 5.96. The first kappa shape index (κ1) is 23.1. The summed E-state index contributed by atoms with van der Waals surface area (Å²) < 4.78 is 2.36. The van der Waals surface area contributed by atoms with Crippen molar-refractivity contribution in [1.82, 2.24) is 14.5 Å². The monoisotopic (exact) mass is 443 g/mol. The van der Waals surface area contributed by atoms with Gasteiger partial charge < -0.3 is 10.2 Å². The van der Waals surface area contributed by atoms with Gasteiger partial charge in [-0.25, -0.2) is 9.97 Å². The van der Waals surface area contributed by atoms with E-state index in [1.165, 1.54) is 33.3 Å². The van der Waals surface area contributed by atoms with Crippen molar-refractivity contribution in [2.45, 2.75) is 61.3 Å². The Labute approximate surface area is 197 Å². The second-order valence-electron chi connectivity index (χ2n) is 9.09. The molecule has 2 aromatic carbocycles. The lowest BCUT2D eigenvalue weighted by atomic mass is 10.0. The zero-order valence-corrected chi connectivity index (χ0v) is 21.2. The molecule has 2 aromatic heterocycles. The van der Waals surface area contributed by atoms with Gasteiger partial charge in [0.15, 0.2) is 5.65 Å². The van der Waals surface area contributed by atoms with Crippen LogP contribution in [0, 0.1) is 27.7 Å². The number of hydrogen-bond acceptors (Lipinski definition) is 4. The Morgan fingerprint density at radius 2 is 1.55 bits per heavy atom. The number of rotatable bonds is 8. The number of aryl methyl sites for hydroxylation is 4. The summed E-state index contributed by atoms with van der Waals surface area (Å²) in [5.41, 5.74) is 8.33. The van der Waals surface area contributed by atoms with Gasteiger partial charge in [-0.05, 0) is 70.7 Å². The van der Waals surface area contributed by atoms with Crippen molar-refractivity contribution in [3.8, 4) is 5.69 Å². The van der Waals surface area contributed by atoms with E-state index in [9.17, 15) is 0 Å². The average Bonchev–Trinajstić information content (AvgIpc) is 3.07. The summed E-state index contributed by atoms with van der Waals surface area (Å²) in [5.74, 6) is 1.86. The third kappa shape index (κ3) is 4.05. The highest BCUT2D eigenvalue weighted by Gasteiger charge is 2.24. The Kier molecular flexibility index (Phi) is 6.59. The van der Waals surface area contributed by atoms with Crippen LogP contribution in [0.25, 0.3) is 27.6 Å². The molecule has 1 N–H and O–H groups in total. The predicted octanol–water partition coefficient (Wildman–Crippen LogP) is 6.87. The Morgan fingerprint density at radius 3 is 2.15 bits per heavy atom. The molecule has 0 atom stereocenters. The summed E-state index contributed by atoms with van der Waals surface area (Å²) in [4.78, 5) is 12.5. The summed E-state index contributed by atoms with van der Waals surface area (Å²) >= 11 is 0. The molecule has 0 radical (unpaired) electrons. The van der Waals surface area contributed by atoms with Gasteiger partial charge in [0.05, 0.1) is 16.6 Å². The summed E-state index contributed by atoms with van der Waals surface area (Å²) in [6.45, 7) is 18.0. The van der Waals surface area contributed by atoms with E-state index in [2.05, 4.69) is 86.7 Å². The fourth-order valence-electron chi connectivity index (χ4n) is 5.21. The van der Waals surface area contributed by atoms with Gasteiger partial charge in [0.1, 0.15) is 11.6 Å². The van der Waals surface area contributed by atoms with Crippen LogP contribution in [0.2, 0.25) is 0 Å². The Balaban J connectivity index is 2.21. The molecule has 0 saturated carbocycles. The maximum absolute atomic E-state index is 5.06. The minimum atomic E-state index is 0.811. The quantitative estimate of drug-likeness (QED) is 0.323. The van der Waals surface area contributed by atoms with Crippen LogP contribution in [0.5, 0.6) is 0 Å². The lowest BCUT2D eigenvalue weighted by Gasteiger charge is -2.24. The van der Waals surface area contributed by atoms with Crippen molar-refractivity contribution in [2.24, 2.45) is 0 Å². The molecule has 0 unspecified atom stereocenters. The number of benzene rings is 2. The van der Waals surface area contributed by atoms with Crippen LogP contribution in [-0.2, 0) is 0 Å². The summed E-state index contributed by atoms with van der Waals surface area (Å²) in [6, 6.07) is 11.1. The van der Waals surface area contributed by atoms with Crippen LogP contribution in [0.4, 0.5) is 11.5 Å². The topological polar surface area (TPSA) is 46.0 Å². The fourth-order valence-corrected chi connectivity index (χ4v) is 5.21. The third-order valence-corrected chi connectivity index (χ3v) is 6.24. The van der Waals surface area contributed by atoms with E-state index in [4.69, 9.17) is 9.97 Å². The second-order valence-corrected chi connectivity index (χ2v) is 9.09. The smallest absolute Gasteiger partial charge is 0.151 e. The van der Waals surface area contributed by atoms with Crippen LogP contribution in [0.1, 0.15) is 56.1 Å². The number of nitrogens with one attached hydrogen (secondary N) is 1. The maximum atomic E-state index is 5.06. The molecule has 0 saturated heterocycles. The lowest BCUT2D eigenvalue weighted by Crippen LogP contribution is -2.26. The molecule has 0 bridgehead atoms. The van der Waals surface area contributed by atoms with Gasteiger partial charge in [0, 0.05) is 30.7 Å². The lowest BCUT2D eigenvalue weighted by molar-refractivity contribution is 0.734. The Morgan fingerprint density at radius 1 is 0.879 bits per heavy atom. The van der Waals surface area contributed by atoms with E-state index in [0.29, 0.717) is 0 Å². The first-order valence-electron chi connectivity index (χ1n) is 12.3. The summed E-state index contributed by atoms with van der Waals surface area (Å²) in [6.07, 6.45) is 2.17. The zero-order chi connectivity index (χ0) is 23.7. The van der Waals surface area contributed by atoms with Gasteiger partial charge in [-0.1, -0.05) is 37.6 Å². The molecule has 0 fully saturated rings. The maximum Gasteiger partial charge on any atom is 0.151 e. The highest BCUT2D eigenvalue weighted by molar-refractivity contribution is 6.18. The van der Waals surface area contributed by atoms with Crippen molar-refractivity contribution < 1.29 is 0 Å². The first-order valence-corrected chi connectivity index (χ1v) is 12.3. The third-order valence-electron chi connectivity index (χ3n) is 6.24. The van der Waals surface area contributed by atoms with E-state index < -0.39 is 0 Å². The largest absolute Gasteiger partial charge is 0.385 e. The molecule has 0 aliphatic heterocycles. The SMILES string of the molecule is CCCN(CCC)c1nc(C)nc2c1c1c(NCC)cccc1n2-c1c(C)cc(C)cc1C. The minimum absolute atomic E-state index is 0.811. The number of anilines is 2. The molecule has 174 valence electrons. The molecule has 0 amide bonds. The van der Waals surface area contributed by atoms with Crippen LogP contribution in [-0.4, -0.2) is 34.2 Å². The van der Waals surface area contributed by atoms with Crippen LogP contribution >= 0.6 is 0 Å². The molecular weight excluding hydrogens is 406 g/mol. The highest BCUT2D eigenvalue weighted by Crippen LogP contribution is 2.41. The van der Waals surface area contributed by atoms with Gasteiger partial charge in [-0.2, -0.15) is 0 Å². The molecule has 5 heteroatoms. The molecule has 4 rings (SSSR count). The van der Waals surface area contributed by atoms with Gasteiger partial charge in [0.2, 0.25) is 0 Å². The number of fused-ring (bicyclic) bond motifs is 3. The van der Waals surface area contributed by atoms with E-state index in [0.717, 1.165) is 60.8 Å². The van der Waals surface area contributed by atoms with E-state index in [1.54, 1.807) is 0 Å². The highest BCUT2D eigenvalue weighted by atomic mass is 15.2. The fraction of sp³-hybridized carbons (Fsp3) is 0.429. The van der Waals surface area contributed by atoms with Gasteiger partial charge in [-0.15, -0.1) is 0 Å². The van der Waals surface area contributed by atoms with E-state index in [-0.39, 0.29) is 0 Å². The standard InChI is InChI=1S/C28H37N5/c1-8-14-32(15-9-2)27-25-24-22(29-10-3)12-11-13-23(24)33(28(25)31-21(7)30-27)26-19(5)16-18(4)17-20(26)6/h11-13,16-17,29H,8-10,14-15H2,1-7H3. The number of hydrogen-bond donors (Lipinski definition) is 1. The predicted molar refractivity (Wildman–Crippen MR) is 142 cm³/mol. The molecule has 2 heterocycles. The van der Waals surface area contributed by atoms with Crippen molar-refractivity contribution in [3.05, 3.63) is 52.8 Å². The van der Waals surface area contributed by atoms with Gasteiger partial charge in [0.25, 0.3) is 0 Å². The molecular formula is C28H37N5. The molecule has 0 aliphatic rings. The summed E-state index contributed by atoms with van der Waals surface area (Å²) in [7, 11) is 0. The van der Waals surface area contributed by atoms with Gasteiger partial charge >= 0.3 is 0 Å². The number of nitrogens with zero attached hydrogens (tertiary/aromatic N) is 4. The van der Waals surface area contributed by atoms with Crippen molar-refractivity contribution in [3.63, 3.8) is 0 Å². The van der Waals surface area contributed by atoms with E-state index >= 15 is 0 Å². The van der Waals surface area contributed by atoms with Crippen LogP contribution < -0.4 is 10.2 Å². The molecule has 33 heavy (non-hydrogen) atoms. The average molecular weight is 444 g/mol. The van der Waals surface area contributed by atoms with Gasteiger partial charge in [-0.3, -0.25) is 4.57 Å². The number of aromatic nitrogens is 3. The van der Waals surface area contributed by atoms with Crippen LogP contribution in [0.15, 0.2) is 30.3 Å². The van der Waals surface area contributed by atoms with Crippen LogP contribution in [0.3, 0.4) is 0 Å². The Hall–Kier alpha value is -3.08. The zero-order valence-electron chi connectivity index (χ0n) is 21.2. The first-order chi connectivity index (χ1) is 15.9. The second kappa shape index (κ2) is 9.42. The van der Waals surface area contributed by atoms with Crippen molar-refractivity contribution in [2.75, 3.05) is 29.9 Å². The normalized spacial score (nSPS) is 11.5. The van der Waals surface area contributed by atoms with E-state index in [1.807, 2.05) is 6.92 Å². The van der Waals surface area contributed by atoms with Crippen molar-refractivity contribution >= 4 is 33.4 Å². The van der Waals surface area contributed by atoms with Crippen molar-refractivity contribution in [1.29, 1.82) is 0 Å². The Bertz CT molecular complexity index is 1270. The minimum Gasteiger partial charge on any atom is -0.385 e. The molecule has 4 aromatic rings.